The highest BCUT2D eigenvalue weighted by molar-refractivity contribution is 5.50. The monoisotopic (exact) mass is 224 g/mol. The first-order valence-electron chi connectivity index (χ1n) is 5.62. The molecule has 0 aromatic heterocycles. The van der Waals surface area contributed by atoms with E-state index in [0.29, 0.717) is 18.2 Å². The summed E-state index contributed by atoms with van der Waals surface area (Å²) in [5.41, 5.74) is 6.78. The topological polar surface area (TPSA) is 49.5 Å². The van der Waals surface area contributed by atoms with Crippen molar-refractivity contribution in [3.05, 3.63) is 29.6 Å². The highest BCUT2D eigenvalue weighted by Crippen LogP contribution is 2.31. The van der Waals surface area contributed by atoms with Crippen LogP contribution in [0.4, 0.5) is 10.1 Å². The Hall–Kier alpha value is -1.13. The van der Waals surface area contributed by atoms with Crippen molar-refractivity contribution >= 4 is 5.69 Å². The molecule has 0 atom stereocenters. The number of benzene rings is 1. The number of aliphatic hydroxyl groups excluding tert-OH is 1. The van der Waals surface area contributed by atoms with Gasteiger partial charge in [0.1, 0.15) is 5.82 Å². The fourth-order valence-corrected chi connectivity index (χ4v) is 1.90. The van der Waals surface area contributed by atoms with Gasteiger partial charge in [0.25, 0.3) is 0 Å². The summed E-state index contributed by atoms with van der Waals surface area (Å²) in [4.78, 5) is 2.06. The molecule has 1 aromatic rings. The summed E-state index contributed by atoms with van der Waals surface area (Å²) in [7, 11) is 0. The average Bonchev–Trinajstić information content (AvgIpc) is 3.09. The van der Waals surface area contributed by atoms with Crippen LogP contribution in [0.25, 0.3) is 0 Å². The summed E-state index contributed by atoms with van der Waals surface area (Å²) in [6.07, 6.45) is 2.25. The number of nitrogens with zero attached hydrogens (tertiary/aromatic N) is 1. The lowest BCUT2D eigenvalue weighted by atomic mass is 10.1. The highest BCUT2D eigenvalue weighted by atomic mass is 19.1. The molecule has 0 bridgehead atoms. The molecule has 0 amide bonds. The minimum absolute atomic E-state index is 0.0940. The van der Waals surface area contributed by atoms with E-state index in [2.05, 4.69) is 4.90 Å². The number of hydrogen-bond donors (Lipinski definition) is 2. The Bertz CT molecular complexity index is 366. The Morgan fingerprint density at radius 2 is 2.19 bits per heavy atom. The average molecular weight is 224 g/mol. The lowest BCUT2D eigenvalue weighted by molar-refractivity contribution is 0.301. The normalized spacial score (nSPS) is 15.2. The Labute approximate surface area is 94.7 Å². The van der Waals surface area contributed by atoms with Crippen molar-refractivity contribution < 1.29 is 9.50 Å². The highest BCUT2D eigenvalue weighted by Gasteiger charge is 2.29. The molecule has 1 fully saturated rings. The van der Waals surface area contributed by atoms with Gasteiger partial charge in [-0.05, 0) is 25.0 Å². The molecule has 0 spiro atoms. The molecule has 1 aliphatic carbocycles. The number of halogens is 1. The SMILES string of the molecule is NCc1ccc(N(CCO)C2CC2)cc1F. The maximum atomic E-state index is 13.6. The molecule has 0 aliphatic heterocycles. The van der Waals surface area contributed by atoms with Gasteiger partial charge in [0.2, 0.25) is 0 Å². The maximum Gasteiger partial charge on any atom is 0.129 e. The number of nitrogens with two attached hydrogens (primary N) is 1. The van der Waals surface area contributed by atoms with Gasteiger partial charge in [0.15, 0.2) is 0 Å². The van der Waals surface area contributed by atoms with Gasteiger partial charge >= 0.3 is 0 Å². The third-order valence-corrected chi connectivity index (χ3v) is 2.92. The van der Waals surface area contributed by atoms with Crippen molar-refractivity contribution in [3.63, 3.8) is 0 Å². The van der Waals surface area contributed by atoms with E-state index in [-0.39, 0.29) is 19.0 Å². The van der Waals surface area contributed by atoms with Crippen LogP contribution >= 0.6 is 0 Å². The van der Waals surface area contributed by atoms with Gasteiger partial charge in [-0.15, -0.1) is 0 Å². The predicted octanol–water partition coefficient (Wildman–Crippen LogP) is 1.25. The maximum absolute atomic E-state index is 13.6. The van der Waals surface area contributed by atoms with Gasteiger partial charge in [0.05, 0.1) is 6.61 Å². The molecule has 1 saturated carbocycles. The molecular formula is C12H17FN2O. The molecule has 2 rings (SSSR count). The molecule has 0 heterocycles. The second kappa shape index (κ2) is 4.80. The van der Waals surface area contributed by atoms with E-state index < -0.39 is 0 Å². The Morgan fingerprint density at radius 3 is 2.69 bits per heavy atom. The van der Waals surface area contributed by atoms with Gasteiger partial charge < -0.3 is 15.7 Å². The molecule has 0 saturated heterocycles. The second-order valence-electron chi connectivity index (χ2n) is 4.13. The standard InChI is InChI=1S/C12H17FN2O/c13-12-7-11(2-1-9(12)8-14)15(5-6-16)10-3-4-10/h1-2,7,10,16H,3-6,8,14H2. The van der Waals surface area contributed by atoms with Crippen LogP contribution in [-0.4, -0.2) is 24.3 Å². The first kappa shape index (κ1) is 11.4. The zero-order valence-corrected chi connectivity index (χ0v) is 9.19. The van der Waals surface area contributed by atoms with Crippen molar-refractivity contribution in [1.29, 1.82) is 0 Å². The van der Waals surface area contributed by atoms with Gasteiger partial charge in [-0.2, -0.15) is 0 Å². The van der Waals surface area contributed by atoms with Gasteiger partial charge in [0, 0.05) is 30.4 Å². The van der Waals surface area contributed by atoms with Crippen LogP contribution in [-0.2, 0) is 6.54 Å². The summed E-state index contributed by atoms with van der Waals surface area (Å²) in [6.45, 7) is 0.873. The first-order chi connectivity index (χ1) is 7.76. The van der Waals surface area contributed by atoms with Crippen LogP contribution in [0, 0.1) is 5.82 Å². The number of rotatable bonds is 5. The summed E-state index contributed by atoms with van der Waals surface area (Å²) in [6, 6.07) is 5.57. The summed E-state index contributed by atoms with van der Waals surface area (Å²) in [5, 5.41) is 8.99. The molecule has 3 nitrogen and oxygen atoms in total. The zero-order chi connectivity index (χ0) is 11.5. The third-order valence-electron chi connectivity index (χ3n) is 2.92. The molecule has 16 heavy (non-hydrogen) atoms. The van der Waals surface area contributed by atoms with Crippen molar-refractivity contribution in [1.82, 2.24) is 0 Å². The Morgan fingerprint density at radius 1 is 1.44 bits per heavy atom. The summed E-state index contributed by atoms with van der Waals surface area (Å²) in [5.74, 6) is -0.261. The van der Waals surface area contributed by atoms with E-state index in [1.54, 1.807) is 6.07 Å². The molecule has 1 aromatic carbocycles. The lowest BCUT2D eigenvalue weighted by Gasteiger charge is -2.24. The lowest BCUT2D eigenvalue weighted by Crippen LogP contribution is -2.29. The van der Waals surface area contributed by atoms with Gasteiger partial charge in [-0.1, -0.05) is 6.07 Å². The number of hydrogen-bond acceptors (Lipinski definition) is 3. The molecule has 3 N–H and O–H groups in total. The number of anilines is 1. The molecule has 4 heteroatoms. The fourth-order valence-electron chi connectivity index (χ4n) is 1.90. The predicted molar refractivity (Wildman–Crippen MR) is 61.7 cm³/mol. The van der Waals surface area contributed by atoms with E-state index in [1.165, 1.54) is 6.07 Å². The minimum Gasteiger partial charge on any atom is -0.395 e. The van der Waals surface area contributed by atoms with E-state index in [4.69, 9.17) is 10.8 Å². The van der Waals surface area contributed by atoms with Crippen LogP contribution in [0.5, 0.6) is 0 Å². The molecule has 0 unspecified atom stereocenters. The minimum atomic E-state index is -0.261. The van der Waals surface area contributed by atoms with E-state index in [0.717, 1.165) is 18.5 Å². The number of aliphatic hydroxyl groups is 1. The Balaban J connectivity index is 2.20. The fraction of sp³-hybridized carbons (Fsp3) is 0.500. The smallest absolute Gasteiger partial charge is 0.129 e. The molecular weight excluding hydrogens is 207 g/mol. The molecule has 1 aliphatic rings. The largest absolute Gasteiger partial charge is 0.395 e. The third kappa shape index (κ3) is 2.33. The van der Waals surface area contributed by atoms with Crippen LogP contribution in [0.3, 0.4) is 0 Å². The van der Waals surface area contributed by atoms with Crippen molar-refractivity contribution in [3.8, 4) is 0 Å². The van der Waals surface area contributed by atoms with Gasteiger partial charge in [-0.3, -0.25) is 0 Å². The van der Waals surface area contributed by atoms with Crippen molar-refractivity contribution in [2.24, 2.45) is 5.73 Å². The molecule has 88 valence electrons. The Kier molecular flexibility index (Phi) is 3.41. The summed E-state index contributed by atoms with van der Waals surface area (Å²) < 4.78 is 13.6. The van der Waals surface area contributed by atoms with E-state index in [1.807, 2.05) is 6.07 Å². The van der Waals surface area contributed by atoms with Crippen LogP contribution < -0.4 is 10.6 Å². The van der Waals surface area contributed by atoms with Crippen LogP contribution in [0.1, 0.15) is 18.4 Å². The van der Waals surface area contributed by atoms with Crippen molar-refractivity contribution in [2.45, 2.75) is 25.4 Å². The first-order valence-corrected chi connectivity index (χ1v) is 5.62. The second-order valence-corrected chi connectivity index (χ2v) is 4.13. The van der Waals surface area contributed by atoms with Gasteiger partial charge in [-0.25, -0.2) is 4.39 Å². The quantitative estimate of drug-likeness (QED) is 0.791. The zero-order valence-electron chi connectivity index (χ0n) is 9.19. The van der Waals surface area contributed by atoms with Crippen molar-refractivity contribution in [2.75, 3.05) is 18.1 Å². The molecule has 0 radical (unpaired) electrons. The van der Waals surface area contributed by atoms with E-state index >= 15 is 0 Å². The van der Waals surface area contributed by atoms with E-state index in [9.17, 15) is 4.39 Å². The van der Waals surface area contributed by atoms with Crippen LogP contribution in [0.15, 0.2) is 18.2 Å². The summed E-state index contributed by atoms with van der Waals surface area (Å²) >= 11 is 0. The van der Waals surface area contributed by atoms with Crippen LogP contribution in [0.2, 0.25) is 0 Å².